The highest BCUT2D eigenvalue weighted by atomic mass is 15.3. The molecule has 234 valence electrons. The number of rotatable bonds is 4. The summed E-state index contributed by atoms with van der Waals surface area (Å²) < 4.78 is 9.06. The number of imidazole rings is 3. The maximum atomic E-state index is 5.21. The fraction of sp³-hybridized carbons (Fsp3) is 0. The summed E-state index contributed by atoms with van der Waals surface area (Å²) in [4.78, 5) is 15.6. The molecule has 0 fully saturated rings. The van der Waals surface area contributed by atoms with Crippen molar-refractivity contribution in [3.8, 4) is 34.2 Å². The van der Waals surface area contributed by atoms with Crippen LogP contribution in [-0.4, -0.2) is 32.9 Å². The van der Waals surface area contributed by atoms with Crippen LogP contribution in [-0.2, 0) is 0 Å². The predicted octanol–water partition coefficient (Wildman–Crippen LogP) is 9.91. The van der Waals surface area contributed by atoms with Crippen molar-refractivity contribution in [2.75, 3.05) is 0 Å². The van der Waals surface area contributed by atoms with E-state index in [2.05, 4.69) is 139 Å². The van der Waals surface area contributed by atoms with Crippen LogP contribution in [0.5, 0.6) is 0 Å². The monoisotopic (exact) mass is 641 g/mol. The van der Waals surface area contributed by atoms with E-state index in [0.717, 1.165) is 67.2 Å². The zero-order chi connectivity index (χ0) is 32.8. The van der Waals surface area contributed by atoms with Crippen molar-refractivity contribution >= 4 is 55.4 Å². The van der Waals surface area contributed by atoms with Crippen molar-refractivity contribution in [3.63, 3.8) is 0 Å². The molecule has 0 aliphatic carbocycles. The van der Waals surface area contributed by atoms with Gasteiger partial charge in [0.25, 0.3) is 0 Å². The highest BCUT2D eigenvalue weighted by Gasteiger charge is 2.22. The lowest BCUT2D eigenvalue weighted by Crippen LogP contribution is -2.04. The summed E-state index contributed by atoms with van der Waals surface area (Å²) in [6.45, 7) is 0. The first kappa shape index (κ1) is 27.0. The number of benzene rings is 6. The molecule has 7 nitrogen and oxygen atoms in total. The van der Waals surface area contributed by atoms with Crippen molar-refractivity contribution in [1.82, 2.24) is 32.9 Å². The molecule has 0 radical (unpaired) electrons. The van der Waals surface area contributed by atoms with Crippen LogP contribution in [0.1, 0.15) is 0 Å². The predicted molar refractivity (Wildman–Crippen MR) is 201 cm³/mol. The minimum absolute atomic E-state index is 0.569. The summed E-state index contributed by atoms with van der Waals surface area (Å²) in [5.41, 5.74) is 13.4. The standard InChI is InChI=1S/C43H27N7/c1-3-13-28(14-4-1)33-27-34(29-15-5-2-6-16-29)45-42(44-33)50-39-24-23-31(26-40(39)49-36-20-10-8-18-32(36)46-43(49)50)47-37-21-11-12-22-38(37)48-35-19-9-7-17-30(35)25-41(47)48/h1-27H. The van der Waals surface area contributed by atoms with Crippen LogP contribution in [0, 0.1) is 0 Å². The molecule has 0 saturated carbocycles. The maximum absolute atomic E-state index is 5.21. The fourth-order valence-electron chi connectivity index (χ4n) is 7.57. The third-order valence-corrected chi connectivity index (χ3v) is 9.78. The molecule has 11 aromatic rings. The molecule has 11 rings (SSSR count). The van der Waals surface area contributed by atoms with E-state index in [1.807, 2.05) is 42.5 Å². The Labute approximate surface area is 285 Å². The summed E-state index contributed by atoms with van der Waals surface area (Å²) in [7, 11) is 0. The Bertz CT molecular complexity index is 3030. The zero-order valence-corrected chi connectivity index (χ0v) is 26.7. The van der Waals surface area contributed by atoms with Gasteiger partial charge in [0.15, 0.2) is 0 Å². The molecule has 0 atom stereocenters. The van der Waals surface area contributed by atoms with Crippen LogP contribution >= 0.6 is 0 Å². The number of hydrogen-bond acceptors (Lipinski definition) is 3. The van der Waals surface area contributed by atoms with E-state index in [9.17, 15) is 0 Å². The van der Waals surface area contributed by atoms with Crippen molar-refractivity contribution in [1.29, 1.82) is 0 Å². The molecule has 0 unspecified atom stereocenters. The Morgan fingerprint density at radius 3 is 1.72 bits per heavy atom. The van der Waals surface area contributed by atoms with Gasteiger partial charge < -0.3 is 0 Å². The molecule has 7 heteroatoms. The second kappa shape index (κ2) is 10.3. The van der Waals surface area contributed by atoms with Gasteiger partial charge in [-0.2, -0.15) is 0 Å². The zero-order valence-electron chi connectivity index (χ0n) is 26.7. The van der Waals surface area contributed by atoms with Gasteiger partial charge in [-0.25, -0.2) is 19.5 Å². The van der Waals surface area contributed by atoms with Gasteiger partial charge in [0, 0.05) is 22.2 Å². The van der Waals surface area contributed by atoms with E-state index in [1.54, 1.807) is 0 Å². The number of para-hydroxylation sites is 5. The van der Waals surface area contributed by atoms with Crippen LogP contribution in [0.15, 0.2) is 164 Å². The number of nitrogens with zero attached hydrogens (tertiary/aromatic N) is 7. The Balaban J connectivity index is 1.23. The fourth-order valence-corrected chi connectivity index (χ4v) is 7.57. The second-order valence-electron chi connectivity index (χ2n) is 12.6. The minimum atomic E-state index is 0.569. The third-order valence-electron chi connectivity index (χ3n) is 9.78. The maximum Gasteiger partial charge on any atom is 0.238 e. The van der Waals surface area contributed by atoms with E-state index in [4.69, 9.17) is 15.0 Å². The summed E-state index contributed by atoms with van der Waals surface area (Å²) >= 11 is 0. The average molecular weight is 642 g/mol. The van der Waals surface area contributed by atoms with Gasteiger partial charge in [0.1, 0.15) is 5.65 Å². The number of aromatic nitrogens is 7. The van der Waals surface area contributed by atoms with Gasteiger partial charge in [-0.05, 0) is 60.7 Å². The molecule has 50 heavy (non-hydrogen) atoms. The van der Waals surface area contributed by atoms with Gasteiger partial charge in [-0.15, -0.1) is 0 Å². The van der Waals surface area contributed by atoms with Crippen molar-refractivity contribution in [2.24, 2.45) is 0 Å². The van der Waals surface area contributed by atoms with Gasteiger partial charge in [0.2, 0.25) is 11.7 Å². The van der Waals surface area contributed by atoms with Gasteiger partial charge in [0.05, 0.1) is 50.0 Å². The molecule has 5 aromatic heterocycles. The van der Waals surface area contributed by atoms with Crippen molar-refractivity contribution in [3.05, 3.63) is 164 Å². The normalized spacial score (nSPS) is 12.0. The second-order valence-corrected chi connectivity index (χ2v) is 12.6. The number of fused-ring (bicyclic) bond motifs is 10. The lowest BCUT2D eigenvalue weighted by Gasteiger charge is -2.11. The minimum Gasteiger partial charge on any atom is -0.294 e. The molecular formula is C43H27N7. The first-order chi connectivity index (χ1) is 24.8. The smallest absolute Gasteiger partial charge is 0.238 e. The van der Waals surface area contributed by atoms with Crippen molar-refractivity contribution in [2.45, 2.75) is 0 Å². The summed E-state index contributed by atoms with van der Waals surface area (Å²) in [6, 6.07) is 57.1. The molecule has 0 amide bonds. The Kier molecular flexibility index (Phi) is 5.54. The quantitative estimate of drug-likeness (QED) is 0.192. The molecule has 0 aliphatic rings. The largest absolute Gasteiger partial charge is 0.294 e. The molecule has 0 bridgehead atoms. The molecule has 0 aliphatic heterocycles. The highest BCUT2D eigenvalue weighted by molar-refractivity contribution is 5.97. The highest BCUT2D eigenvalue weighted by Crippen LogP contribution is 2.35. The Morgan fingerprint density at radius 2 is 0.980 bits per heavy atom. The molecule has 5 heterocycles. The van der Waals surface area contributed by atoms with E-state index in [-0.39, 0.29) is 0 Å². The lowest BCUT2D eigenvalue weighted by molar-refractivity contribution is 0.971. The van der Waals surface area contributed by atoms with Crippen LogP contribution < -0.4 is 0 Å². The molecule has 0 N–H and O–H groups in total. The van der Waals surface area contributed by atoms with E-state index in [0.29, 0.717) is 5.95 Å². The van der Waals surface area contributed by atoms with Gasteiger partial charge in [-0.3, -0.25) is 13.4 Å². The first-order valence-electron chi connectivity index (χ1n) is 16.7. The Hall–Kier alpha value is -6.99. The summed E-state index contributed by atoms with van der Waals surface area (Å²) in [5.74, 6) is 1.33. The van der Waals surface area contributed by atoms with Crippen molar-refractivity contribution < 1.29 is 0 Å². The van der Waals surface area contributed by atoms with Gasteiger partial charge in [-0.1, -0.05) is 103 Å². The average Bonchev–Trinajstić information content (AvgIpc) is 3.91. The molecular weight excluding hydrogens is 615 g/mol. The van der Waals surface area contributed by atoms with Crippen LogP contribution in [0.3, 0.4) is 0 Å². The van der Waals surface area contributed by atoms with Crippen LogP contribution in [0.25, 0.3) is 89.6 Å². The Morgan fingerprint density at radius 1 is 0.380 bits per heavy atom. The molecule has 0 spiro atoms. The SMILES string of the molecule is c1ccc(-c2cc(-c3ccccc3)nc(-n3c4ccc(-n5c6ccccc6n6c7ccccc7cc56)cc4n4c5ccccc5nc34)n2)cc1. The van der Waals surface area contributed by atoms with E-state index >= 15 is 0 Å². The van der Waals surface area contributed by atoms with Crippen LogP contribution in [0.2, 0.25) is 0 Å². The lowest BCUT2D eigenvalue weighted by atomic mass is 10.1. The van der Waals surface area contributed by atoms with E-state index in [1.165, 1.54) is 16.4 Å². The first-order valence-corrected chi connectivity index (χ1v) is 16.7. The summed E-state index contributed by atoms with van der Waals surface area (Å²) in [5, 5.41) is 1.21. The molecule has 6 aromatic carbocycles. The van der Waals surface area contributed by atoms with Crippen LogP contribution in [0.4, 0.5) is 0 Å². The summed E-state index contributed by atoms with van der Waals surface area (Å²) in [6.07, 6.45) is 0. The number of hydrogen-bond donors (Lipinski definition) is 0. The third kappa shape index (κ3) is 3.82. The van der Waals surface area contributed by atoms with E-state index < -0.39 is 0 Å². The topological polar surface area (TPSA) is 57.4 Å². The molecule has 0 saturated heterocycles. The van der Waals surface area contributed by atoms with Gasteiger partial charge >= 0.3 is 0 Å².